The maximum Gasteiger partial charge on any atom is 0.274 e. The smallest absolute Gasteiger partial charge is 0.274 e. The van der Waals surface area contributed by atoms with Crippen LogP contribution in [-0.2, 0) is 11.3 Å². The Bertz CT molecular complexity index is 677. The third-order valence-electron chi connectivity index (χ3n) is 3.81. The molecule has 0 atom stereocenters. The summed E-state index contributed by atoms with van der Waals surface area (Å²) in [6, 6.07) is 5.42. The predicted octanol–water partition coefficient (Wildman–Crippen LogP) is 1.59. The highest BCUT2D eigenvalue weighted by molar-refractivity contribution is 6.02. The molecule has 7 nitrogen and oxygen atoms in total. The van der Waals surface area contributed by atoms with Crippen molar-refractivity contribution in [2.75, 3.05) is 5.32 Å². The van der Waals surface area contributed by atoms with Gasteiger partial charge in [-0.15, -0.1) is 0 Å². The zero-order valence-electron chi connectivity index (χ0n) is 12.7. The Balaban J connectivity index is 1.53. The lowest BCUT2D eigenvalue weighted by molar-refractivity contribution is -0.122. The van der Waals surface area contributed by atoms with Gasteiger partial charge in [0.25, 0.3) is 5.91 Å². The van der Waals surface area contributed by atoms with Gasteiger partial charge in [0.2, 0.25) is 5.91 Å². The normalized spacial score (nSPS) is 14.6. The highest BCUT2D eigenvalue weighted by Crippen LogP contribution is 2.17. The Kier molecular flexibility index (Phi) is 4.65. The van der Waals surface area contributed by atoms with Gasteiger partial charge >= 0.3 is 0 Å². The van der Waals surface area contributed by atoms with E-state index in [0.717, 1.165) is 12.8 Å². The number of amides is 2. The quantitative estimate of drug-likeness (QED) is 0.877. The number of pyridine rings is 1. The van der Waals surface area contributed by atoms with Gasteiger partial charge in [-0.3, -0.25) is 19.3 Å². The summed E-state index contributed by atoms with van der Waals surface area (Å²) in [5, 5.41) is 9.81. The molecule has 2 N–H and O–H groups in total. The molecule has 1 aliphatic rings. The topological polar surface area (TPSA) is 88.9 Å². The van der Waals surface area contributed by atoms with Crippen LogP contribution < -0.4 is 10.6 Å². The zero-order valence-corrected chi connectivity index (χ0v) is 12.7. The largest absolute Gasteiger partial charge is 0.352 e. The fourth-order valence-corrected chi connectivity index (χ4v) is 2.70. The Morgan fingerprint density at radius 1 is 1.26 bits per heavy atom. The van der Waals surface area contributed by atoms with Crippen molar-refractivity contribution < 1.29 is 9.59 Å². The maximum atomic E-state index is 12.0. The highest BCUT2D eigenvalue weighted by Gasteiger charge is 2.17. The molecule has 0 unspecified atom stereocenters. The number of nitrogens with zero attached hydrogens (tertiary/aromatic N) is 3. The number of carbonyl (C=O) groups is 2. The molecule has 0 spiro atoms. The average molecular weight is 313 g/mol. The first-order valence-electron chi connectivity index (χ1n) is 7.75. The summed E-state index contributed by atoms with van der Waals surface area (Å²) in [5.74, 6) is -0.358. The second kappa shape index (κ2) is 7.04. The summed E-state index contributed by atoms with van der Waals surface area (Å²) in [5.41, 5.74) is 0.869. The maximum absolute atomic E-state index is 12.0. The summed E-state index contributed by atoms with van der Waals surface area (Å²) >= 11 is 0. The molecule has 0 aromatic carbocycles. The lowest BCUT2D eigenvalue weighted by Gasteiger charge is -2.11. The summed E-state index contributed by atoms with van der Waals surface area (Å²) in [6.07, 6.45) is 9.17. The van der Waals surface area contributed by atoms with Crippen molar-refractivity contribution >= 4 is 17.5 Å². The molecule has 1 aliphatic carbocycles. The minimum atomic E-state index is -0.305. The van der Waals surface area contributed by atoms with Crippen LogP contribution in [0.1, 0.15) is 36.2 Å². The van der Waals surface area contributed by atoms with Crippen molar-refractivity contribution in [1.29, 1.82) is 0 Å². The Hall–Kier alpha value is -2.70. The second-order valence-corrected chi connectivity index (χ2v) is 5.64. The highest BCUT2D eigenvalue weighted by atomic mass is 16.2. The van der Waals surface area contributed by atoms with E-state index in [4.69, 9.17) is 0 Å². The molecule has 3 rings (SSSR count). The van der Waals surface area contributed by atoms with E-state index in [1.165, 1.54) is 23.7 Å². The number of carbonyl (C=O) groups excluding carboxylic acids is 2. The minimum Gasteiger partial charge on any atom is -0.352 e. The molecule has 0 saturated heterocycles. The first kappa shape index (κ1) is 15.2. The van der Waals surface area contributed by atoms with Crippen LogP contribution in [0.5, 0.6) is 0 Å². The third kappa shape index (κ3) is 4.15. The summed E-state index contributed by atoms with van der Waals surface area (Å²) in [4.78, 5) is 27.9. The SMILES string of the molecule is O=C(Cn1cc(NC(=O)c2ccccn2)cn1)NC1CCCC1. The summed E-state index contributed by atoms with van der Waals surface area (Å²) in [6.45, 7) is 0.149. The van der Waals surface area contributed by atoms with Crippen LogP contribution in [-0.4, -0.2) is 32.6 Å². The molecule has 1 saturated carbocycles. The van der Waals surface area contributed by atoms with E-state index in [0.29, 0.717) is 17.4 Å². The molecular weight excluding hydrogens is 294 g/mol. The van der Waals surface area contributed by atoms with Crippen LogP contribution >= 0.6 is 0 Å². The van der Waals surface area contributed by atoms with E-state index in [2.05, 4.69) is 20.7 Å². The molecule has 2 heterocycles. The van der Waals surface area contributed by atoms with Crippen LogP contribution in [0.25, 0.3) is 0 Å². The van der Waals surface area contributed by atoms with E-state index in [9.17, 15) is 9.59 Å². The Morgan fingerprint density at radius 3 is 2.83 bits per heavy atom. The summed E-state index contributed by atoms with van der Waals surface area (Å²) in [7, 11) is 0. The van der Waals surface area contributed by atoms with Gasteiger partial charge < -0.3 is 10.6 Å². The third-order valence-corrected chi connectivity index (χ3v) is 3.81. The van der Waals surface area contributed by atoms with Crippen LogP contribution in [0.4, 0.5) is 5.69 Å². The molecule has 23 heavy (non-hydrogen) atoms. The number of hydrogen-bond donors (Lipinski definition) is 2. The number of anilines is 1. The molecule has 1 fully saturated rings. The van der Waals surface area contributed by atoms with Gasteiger partial charge in [0.05, 0.1) is 11.9 Å². The Labute approximate surface area is 134 Å². The molecule has 2 aromatic rings. The average Bonchev–Trinajstić information content (AvgIpc) is 3.20. The van der Waals surface area contributed by atoms with Gasteiger partial charge in [0.1, 0.15) is 12.2 Å². The molecule has 0 aliphatic heterocycles. The van der Waals surface area contributed by atoms with E-state index in [1.54, 1.807) is 30.6 Å². The number of nitrogens with one attached hydrogen (secondary N) is 2. The van der Waals surface area contributed by atoms with Gasteiger partial charge in [0, 0.05) is 18.4 Å². The fourth-order valence-electron chi connectivity index (χ4n) is 2.70. The molecule has 2 amide bonds. The van der Waals surface area contributed by atoms with E-state index in [1.807, 2.05) is 0 Å². The lowest BCUT2D eigenvalue weighted by Crippen LogP contribution is -2.35. The molecule has 120 valence electrons. The van der Waals surface area contributed by atoms with Crippen LogP contribution in [0, 0.1) is 0 Å². The second-order valence-electron chi connectivity index (χ2n) is 5.64. The number of aromatic nitrogens is 3. The van der Waals surface area contributed by atoms with Crippen LogP contribution in [0.2, 0.25) is 0 Å². The van der Waals surface area contributed by atoms with Crippen molar-refractivity contribution in [1.82, 2.24) is 20.1 Å². The first-order valence-corrected chi connectivity index (χ1v) is 7.75. The van der Waals surface area contributed by atoms with E-state index in [-0.39, 0.29) is 18.4 Å². The van der Waals surface area contributed by atoms with Gasteiger partial charge in [-0.25, -0.2) is 0 Å². The monoisotopic (exact) mass is 313 g/mol. The lowest BCUT2D eigenvalue weighted by atomic mass is 10.2. The number of rotatable bonds is 5. The van der Waals surface area contributed by atoms with Crippen molar-refractivity contribution in [3.63, 3.8) is 0 Å². The zero-order chi connectivity index (χ0) is 16.1. The molecule has 0 bridgehead atoms. The van der Waals surface area contributed by atoms with Crippen molar-refractivity contribution in [2.24, 2.45) is 0 Å². The van der Waals surface area contributed by atoms with Gasteiger partial charge in [-0.2, -0.15) is 5.10 Å². The molecule has 2 aromatic heterocycles. The summed E-state index contributed by atoms with van der Waals surface area (Å²) < 4.78 is 1.51. The van der Waals surface area contributed by atoms with E-state index >= 15 is 0 Å². The van der Waals surface area contributed by atoms with Gasteiger partial charge in [-0.05, 0) is 25.0 Å². The fraction of sp³-hybridized carbons (Fsp3) is 0.375. The van der Waals surface area contributed by atoms with Crippen LogP contribution in [0.3, 0.4) is 0 Å². The molecule has 7 heteroatoms. The standard InChI is InChI=1S/C16H19N5O2/c22-15(19-12-5-1-2-6-12)11-21-10-13(9-18-21)20-16(23)14-7-3-4-8-17-14/h3-4,7-10,12H,1-2,5-6,11H2,(H,19,22)(H,20,23). The molecular formula is C16H19N5O2. The van der Waals surface area contributed by atoms with E-state index < -0.39 is 0 Å². The molecule has 0 radical (unpaired) electrons. The minimum absolute atomic E-state index is 0.0531. The predicted molar refractivity (Wildman–Crippen MR) is 84.8 cm³/mol. The van der Waals surface area contributed by atoms with Crippen molar-refractivity contribution in [2.45, 2.75) is 38.3 Å². The van der Waals surface area contributed by atoms with Crippen LogP contribution in [0.15, 0.2) is 36.8 Å². The number of hydrogen-bond acceptors (Lipinski definition) is 4. The first-order chi connectivity index (χ1) is 11.2. The Morgan fingerprint density at radius 2 is 2.09 bits per heavy atom. The van der Waals surface area contributed by atoms with Gasteiger partial charge in [-0.1, -0.05) is 18.9 Å². The van der Waals surface area contributed by atoms with Gasteiger partial charge in [0.15, 0.2) is 0 Å². The van der Waals surface area contributed by atoms with Crippen molar-refractivity contribution in [3.05, 3.63) is 42.5 Å². The van der Waals surface area contributed by atoms with Crippen molar-refractivity contribution in [3.8, 4) is 0 Å².